The van der Waals surface area contributed by atoms with E-state index >= 15 is 0 Å². The molecule has 7 heteroatoms. The SMILES string of the molecule is Cc1cc([N+](=O)[O-])c(C(F)F)c(Br)n1. The normalized spacial score (nSPS) is 10.6. The predicted octanol–water partition coefficient (Wildman–Crippen LogP) is 3.00. The predicted molar refractivity (Wildman–Crippen MR) is 48.3 cm³/mol. The monoisotopic (exact) mass is 266 g/mol. The van der Waals surface area contributed by atoms with Gasteiger partial charge in [-0.2, -0.15) is 0 Å². The minimum absolute atomic E-state index is 0.181. The van der Waals surface area contributed by atoms with E-state index in [0.29, 0.717) is 5.69 Å². The lowest BCUT2D eigenvalue weighted by molar-refractivity contribution is -0.386. The Balaban J connectivity index is 3.44. The van der Waals surface area contributed by atoms with Crippen molar-refractivity contribution in [1.82, 2.24) is 4.98 Å². The van der Waals surface area contributed by atoms with Crippen molar-refractivity contribution in [2.45, 2.75) is 13.3 Å². The maximum Gasteiger partial charge on any atom is 0.282 e. The lowest BCUT2D eigenvalue weighted by atomic mass is 10.2. The Bertz CT molecular complexity index is 384. The average Bonchev–Trinajstić information content (AvgIpc) is 2.01. The molecule has 1 aromatic rings. The number of hydrogen-bond donors (Lipinski definition) is 0. The van der Waals surface area contributed by atoms with Crippen LogP contribution >= 0.6 is 15.9 Å². The van der Waals surface area contributed by atoms with E-state index in [4.69, 9.17) is 0 Å². The van der Waals surface area contributed by atoms with E-state index in [1.54, 1.807) is 0 Å². The molecule has 0 radical (unpaired) electrons. The van der Waals surface area contributed by atoms with Crippen LogP contribution in [0.25, 0.3) is 0 Å². The first-order valence-corrected chi connectivity index (χ1v) is 4.32. The van der Waals surface area contributed by atoms with Crippen molar-refractivity contribution >= 4 is 21.6 Å². The molecule has 0 N–H and O–H groups in total. The summed E-state index contributed by atoms with van der Waals surface area (Å²) in [6.45, 7) is 1.49. The maximum atomic E-state index is 12.4. The average molecular weight is 267 g/mol. The van der Waals surface area contributed by atoms with Gasteiger partial charge in [-0.3, -0.25) is 10.1 Å². The van der Waals surface area contributed by atoms with Gasteiger partial charge < -0.3 is 0 Å². The smallest absolute Gasteiger partial charge is 0.258 e. The molecule has 0 spiro atoms. The quantitative estimate of drug-likeness (QED) is 0.470. The van der Waals surface area contributed by atoms with Gasteiger partial charge in [-0.15, -0.1) is 0 Å². The van der Waals surface area contributed by atoms with E-state index in [1.165, 1.54) is 6.92 Å². The van der Waals surface area contributed by atoms with Crippen LogP contribution in [0, 0.1) is 17.0 Å². The van der Waals surface area contributed by atoms with E-state index in [2.05, 4.69) is 20.9 Å². The Hall–Kier alpha value is -1.11. The van der Waals surface area contributed by atoms with Crippen LogP contribution < -0.4 is 0 Å². The molecule has 4 nitrogen and oxygen atoms in total. The highest BCUT2D eigenvalue weighted by Crippen LogP contribution is 2.34. The Morgan fingerprint density at radius 2 is 2.21 bits per heavy atom. The van der Waals surface area contributed by atoms with Crippen LogP contribution in [0.3, 0.4) is 0 Å². The molecule has 0 fully saturated rings. The zero-order chi connectivity index (χ0) is 10.9. The summed E-state index contributed by atoms with van der Waals surface area (Å²) in [7, 11) is 0. The van der Waals surface area contributed by atoms with Gasteiger partial charge in [0.2, 0.25) is 0 Å². The number of nitro groups is 1. The van der Waals surface area contributed by atoms with Gasteiger partial charge in [0.1, 0.15) is 10.2 Å². The van der Waals surface area contributed by atoms with E-state index < -0.39 is 22.6 Å². The first kappa shape index (κ1) is 11.0. The first-order chi connectivity index (χ1) is 6.43. The van der Waals surface area contributed by atoms with Crippen LogP contribution in [0.4, 0.5) is 14.5 Å². The van der Waals surface area contributed by atoms with Crippen molar-refractivity contribution in [3.8, 4) is 0 Å². The van der Waals surface area contributed by atoms with Gasteiger partial charge >= 0.3 is 0 Å². The van der Waals surface area contributed by atoms with E-state index in [0.717, 1.165) is 6.07 Å². The molecule has 1 rings (SSSR count). The van der Waals surface area contributed by atoms with Gasteiger partial charge in [0.15, 0.2) is 0 Å². The Morgan fingerprint density at radius 3 is 2.64 bits per heavy atom. The van der Waals surface area contributed by atoms with Gasteiger partial charge in [-0.1, -0.05) is 0 Å². The van der Waals surface area contributed by atoms with Crippen LogP contribution in [0.5, 0.6) is 0 Å². The van der Waals surface area contributed by atoms with E-state index in [1.807, 2.05) is 0 Å². The Morgan fingerprint density at radius 1 is 1.64 bits per heavy atom. The fourth-order valence-electron chi connectivity index (χ4n) is 0.982. The maximum absolute atomic E-state index is 12.4. The van der Waals surface area contributed by atoms with Crippen LogP contribution in [0.15, 0.2) is 10.7 Å². The van der Waals surface area contributed by atoms with Crippen LogP contribution in [0.1, 0.15) is 17.7 Å². The Labute approximate surface area is 86.2 Å². The van der Waals surface area contributed by atoms with Crippen molar-refractivity contribution in [2.75, 3.05) is 0 Å². The van der Waals surface area contributed by atoms with Crippen LogP contribution in [-0.4, -0.2) is 9.91 Å². The van der Waals surface area contributed by atoms with Crippen molar-refractivity contribution in [2.24, 2.45) is 0 Å². The molecule has 0 bridgehead atoms. The number of aromatic nitrogens is 1. The molecule has 0 aromatic carbocycles. The number of nitrogens with zero attached hydrogens (tertiary/aromatic N) is 2. The molecule has 0 saturated heterocycles. The number of aryl methyl sites for hydroxylation is 1. The lowest BCUT2D eigenvalue weighted by Gasteiger charge is -2.04. The summed E-state index contributed by atoms with van der Waals surface area (Å²) in [6, 6.07) is 1.02. The van der Waals surface area contributed by atoms with Gasteiger partial charge in [0.25, 0.3) is 12.1 Å². The molecule has 0 saturated carbocycles. The topological polar surface area (TPSA) is 56.0 Å². The van der Waals surface area contributed by atoms with Crippen molar-refractivity contribution < 1.29 is 13.7 Å². The summed E-state index contributed by atoms with van der Waals surface area (Å²) in [5.74, 6) is 0. The number of halogens is 3. The summed E-state index contributed by atoms with van der Waals surface area (Å²) in [5, 5.41) is 10.5. The van der Waals surface area contributed by atoms with E-state index in [9.17, 15) is 18.9 Å². The molecule has 0 aliphatic heterocycles. The third-order valence-corrected chi connectivity index (χ3v) is 2.14. The molecule has 0 aliphatic carbocycles. The summed E-state index contributed by atoms with van der Waals surface area (Å²) in [4.78, 5) is 13.3. The minimum atomic E-state index is -2.92. The minimum Gasteiger partial charge on any atom is -0.258 e. The molecule has 1 aromatic heterocycles. The Kier molecular flexibility index (Phi) is 3.10. The molecular formula is C7H5BrF2N2O2. The number of alkyl halides is 2. The zero-order valence-corrected chi connectivity index (χ0v) is 8.59. The summed E-state index contributed by atoms with van der Waals surface area (Å²) in [6.07, 6.45) is -2.92. The van der Waals surface area contributed by atoms with Gasteiger partial charge in [0, 0.05) is 11.8 Å². The largest absolute Gasteiger partial charge is 0.282 e. The summed E-state index contributed by atoms with van der Waals surface area (Å²) >= 11 is 2.77. The van der Waals surface area contributed by atoms with Crippen molar-refractivity contribution in [3.63, 3.8) is 0 Å². The lowest BCUT2D eigenvalue weighted by Crippen LogP contribution is -2.00. The summed E-state index contributed by atoms with van der Waals surface area (Å²) in [5.41, 5.74) is -0.979. The second-order valence-electron chi connectivity index (χ2n) is 2.55. The number of rotatable bonds is 2. The molecule has 0 unspecified atom stereocenters. The number of hydrogen-bond acceptors (Lipinski definition) is 3. The van der Waals surface area contributed by atoms with E-state index in [-0.39, 0.29) is 4.60 Å². The van der Waals surface area contributed by atoms with Gasteiger partial charge in [0.05, 0.1) is 4.92 Å². The second kappa shape index (κ2) is 3.95. The van der Waals surface area contributed by atoms with Crippen molar-refractivity contribution in [1.29, 1.82) is 0 Å². The van der Waals surface area contributed by atoms with Gasteiger partial charge in [-0.25, -0.2) is 13.8 Å². The van der Waals surface area contributed by atoms with Crippen LogP contribution in [0.2, 0.25) is 0 Å². The molecule has 0 amide bonds. The molecule has 76 valence electrons. The molecule has 0 atom stereocenters. The summed E-state index contributed by atoms with van der Waals surface area (Å²) < 4.78 is 24.6. The fourth-order valence-corrected chi connectivity index (χ4v) is 1.64. The third-order valence-electron chi connectivity index (χ3n) is 1.53. The van der Waals surface area contributed by atoms with Crippen molar-refractivity contribution in [3.05, 3.63) is 32.0 Å². The van der Waals surface area contributed by atoms with Crippen LogP contribution in [-0.2, 0) is 0 Å². The highest BCUT2D eigenvalue weighted by Gasteiger charge is 2.26. The molecule has 1 heterocycles. The zero-order valence-electron chi connectivity index (χ0n) is 7.00. The highest BCUT2D eigenvalue weighted by molar-refractivity contribution is 9.10. The third kappa shape index (κ3) is 2.03. The highest BCUT2D eigenvalue weighted by atomic mass is 79.9. The number of pyridine rings is 1. The standard InChI is InChI=1S/C7H5BrF2N2O2/c1-3-2-4(12(13)14)5(7(9)10)6(8)11-3/h2,7H,1H3. The first-order valence-electron chi connectivity index (χ1n) is 3.53. The fraction of sp³-hybridized carbons (Fsp3) is 0.286. The second-order valence-corrected chi connectivity index (χ2v) is 3.30. The van der Waals surface area contributed by atoms with Gasteiger partial charge in [-0.05, 0) is 22.9 Å². The molecule has 14 heavy (non-hydrogen) atoms. The molecular weight excluding hydrogens is 262 g/mol. The molecule has 0 aliphatic rings.